The number of nitrogens with zero attached hydrogens (tertiary/aromatic N) is 3. The first-order chi connectivity index (χ1) is 10.3. The zero-order valence-corrected chi connectivity index (χ0v) is 12.2. The van der Waals surface area contributed by atoms with Crippen molar-refractivity contribution in [2.45, 2.75) is 12.8 Å². The first kappa shape index (κ1) is 14.1. The van der Waals surface area contributed by atoms with Crippen molar-refractivity contribution in [3.63, 3.8) is 0 Å². The average Bonchev–Trinajstić information content (AvgIpc) is 2.91. The summed E-state index contributed by atoms with van der Waals surface area (Å²) < 4.78 is 2.00. The monoisotopic (exact) mass is 305 g/mol. The molecule has 0 bridgehead atoms. The molecule has 1 amide bonds. The molecule has 22 heavy (non-hydrogen) atoms. The highest BCUT2D eigenvalue weighted by Crippen LogP contribution is 2.24. The van der Waals surface area contributed by atoms with E-state index in [1.807, 2.05) is 0 Å². The molecule has 2 aromatic heterocycles. The van der Waals surface area contributed by atoms with E-state index in [4.69, 9.17) is 5.73 Å². The molecule has 0 saturated carbocycles. The minimum absolute atomic E-state index is 0.0574. The third-order valence-corrected chi connectivity index (χ3v) is 3.97. The van der Waals surface area contributed by atoms with Crippen LogP contribution in [0.3, 0.4) is 0 Å². The van der Waals surface area contributed by atoms with Crippen molar-refractivity contribution in [2.24, 2.45) is 14.1 Å². The van der Waals surface area contributed by atoms with Gasteiger partial charge < -0.3 is 10.7 Å². The summed E-state index contributed by atoms with van der Waals surface area (Å²) in [6.07, 6.45) is 1.03. The molecule has 0 aliphatic carbocycles. The number of hydrogen-bond donors (Lipinski definition) is 2. The summed E-state index contributed by atoms with van der Waals surface area (Å²) in [5, 5.41) is -0.197. The number of nitrogen functional groups attached to an aromatic ring is 1. The van der Waals surface area contributed by atoms with Crippen LogP contribution in [-0.4, -0.2) is 26.6 Å². The fourth-order valence-electron chi connectivity index (χ4n) is 2.71. The third-order valence-electron chi connectivity index (χ3n) is 3.97. The number of rotatable bonds is 1. The van der Waals surface area contributed by atoms with Crippen molar-refractivity contribution < 1.29 is 4.79 Å². The molecule has 2 aromatic rings. The predicted molar refractivity (Wildman–Crippen MR) is 81.1 cm³/mol. The van der Waals surface area contributed by atoms with E-state index in [1.54, 1.807) is 0 Å². The lowest BCUT2D eigenvalue weighted by atomic mass is 10.2. The van der Waals surface area contributed by atoms with Crippen molar-refractivity contribution in [1.82, 2.24) is 14.1 Å². The number of aromatic amines is 1. The SMILES string of the molecule is Cn1c(=O)c2c(=O)c(N)c(N3CCCC3=O)[nH]c2n(C)c1=O. The van der Waals surface area contributed by atoms with Crippen LogP contribution in [0.2, 0.25) is 0 Å². The second-order valence-electron chi connectivity index (χ2n) is 5.29. The number of hydrogen-bond acceptors (Lipinski definition) is 5. The minimum Gasteiger partial charge on any atom is -0.393 e. The smallest absolute Gasteiger partial charge is 0.332 e. The summed E-state index contributed by atoms with van der Waals surface area (Å²) in [4.78, 5) is 52.6. The van der Waals surface area contributed by atoms with Gasteiger partial charge in [0.25, 0.3) is 5.56 Å². The lowest BCUT2D eigenvalue weighted by Gasteiger charge is -2.19. The van der Waals surface area contributed by atoms with Gasteiger partial charge in [0, 0.05) is 27.1 Å². The first-order valence-electron chi connectivity index (χ1n) is 6.76. The number of pyridine rings is 1. The van der Waals surface area contributed by atoms with Gasteiger partial charge >= 0.3 is 5.69 Å². The number of carbonyl (C=O) groups is 1. The van der Waals surface area contributed by atoms with E-state index in [2.05, 4.69) is 4.98 Å². The summed E-state index contributed by atoms with van der Waals surface area (Å²) in [5.41, 5.74) is 3.72. The Balaban J connectivity index is 2.48. The number of aryl methyl sites for hydroxylation is 1. The maximum absolute atomic E-state index is 12.4. The quantitative estimate of drug-likeness (QED) is 0.673. The van der Waals surface area contributed by atoms with E-state index in [1.165, 1.54) is 19.0 Å². The molecule has 9 nitrogen and oxygen atoms in total. The average molecular weight is 305 g/mol. The Morgan fingerprint density at radius 2 is 1.77 bits per heavy atom. The van der Waals surface area contributed by atoms with E-state index < -0.39 is 16.7 Å². The second kappa shape index (κ2) is 4.58. The molecule has 1 fully saturated rings. The highest BCUT2D eigenvalue weighted by atomic mass is 16.2. The van der Waals surface area contributed by atoms with E-state index >= 15 is 0 Å². The Bertz CT molecular complexity index is 981. The van der Waals surface area contributed by atoms with Gasteiger partial charge in [0.05, 0.1) is 0 Å². The Kier molecular flexibility index (Phi) is 2.94. The first-order valence-corrected chi connectivity index (χ1v) is 6.76. The van der Waals surface area contributed by atoms with Gasteiger partial charge in [-0.05, 0) is 6.42 Å². The highest BCUT2D eigenvalue weighted by Gasteiger charge is 2.27. The lowest BCUT2D eigenvalue weighted by molar-refractivity contribution is -0.117. The maximum atomic E-state index is 12.4. The topological polar surface area (TPSA) is 123 Å². The molecule has 3 N–H and O–H groups in total. The summed E-state index contributed by atoms with van der Waals surface area (Å²) in [5.74, 6) is -0.0150. The van der Waals surface area contributed by atoms with Crippen LogP contribution in [0, 0.1) is 0 Å². The maximum Gasteiger partial charge on any atom is 0.332 e. The number of anilines is 2. The van der Waals surface area contributed by atoms with Gasteiger partial charge in [0.15, 0.2) is 0 Å². The predicted octanol–water partition coefficient (Wildman–Crippen LogP) is -1.37. The molecule has 0 atom stereocenters. The molecule has 3 rings (SSSR count). The number of carbonyl (C=O) groups excluding carboxylic acids is 1. The summed E-state index contributed by atoms with van der Waals surface area (Å²) >= 11 is 0. The van der Waals surface area contributed by atoms with Crippen LogP contribution in [0.15, 0.2) is 14.4 Å². The molecule has 0 unspecified atom stereocenters. The summed E-state index contributed by atoms with van der Waals surface area (Å²) in [6.45, 7) is 0.434. The van der Waals surface area contributed by atoms with Crippen molar-refractivity contribution in [2.75, 3.05) is 17.2 Å². The summed E-state index contributed by atoms with van der Waals surface area (Å²) in [6, 6.07) is 0. The Morgan fingerprint density at radius 1 is 1.09 bits per heavy atom. The van der Waals surface area contributed by atoms with Gasteiger partial charge in [-0.15, -0.1) is 0 Å². The van der Waals surface area contributed by atoms with Crippen molar-refractivity contribution >= 4 is 28.4 Å². The summed E-state index contributed by atoms with van der Waals surface area (Å²) in [7, 11) is 2.73. The van der Waals surface area contributed by atoms with E-state index in [-0.39, 0.29) is 28.4 Å². The number of fused-ring (bicyclic) bond motifs is 1. The molecule has 0 aromatic carbocycles. The van der Waals surface area contributed by atoms with Crippen LogP contribution in [-0.2, 0) is 18.9 Å². The van der Waals surface area contributed by atoms with Crippen LogP contribution in [0.25, 0.3) is 11.0 Å². The van der Waals surface area contributed by atoms with Crippen molar-refractivity contribution in [1.29, 1.82) is 0 Å². The van der Waals surface area contributed by atoms with Crippen LogP contribution >= 0.6 is 0 Å². The Labute approximate surface area is 123 Å². The zero-order chi connectivity index (χ0) is 16.2. The molecular weight excluding hydrogens is 290 g/mol. The van der Waals surface area contributed by atoms with E-state index in [0.29, 0.717) is 19.4 Å². The third kappa shape index (κ3) is 1.71. The Morgan fingerprint density at radius 3 is 2.36 bits per heavy atom. The minimum atomic E-state index is -0.717. The largest absolute Gasteiger partial charge is 0.393 e. The standard InChI is InChI=1S/C13H15N5O4/c1-16-10-7(12(21)17(2)13(16)22)9(20)8(14)11(15-10)18-5-3-4-6(18)19/h3-5,14H2,1-2H3,(H,15,20). The van der Waals surface area contributed by atoms with Gasteiger partial charge in [-0.3, -0.25) is 28.4 Å². The Hall–Kier alpha value is -2.84. The van der Waals surface area contributed by atoms with Crippen LogP contribution < -0.4 is 27.3 Å². The lowest BCUT2D eigenvalue weighted by Crippen LogP contribution is -2.40. The van der Waals surface area contributed by atoms with Crippen molar-refractivity contribution in [3.05, 3.63) is 31.1 Å². The van der Waals surface area contributed by atoms with E-state index in [9.17, 15) is 19.2 Å². The molecule has 1 aliphatic heterocycles. The van der Waals surface area contributed by atoms with Crippen LogP contribution in [0.1, 0.15) is 12.8 Å². The molecule has 3 heterocycles. The molecule has 0 radical (unpaired) electrons. The molecule has 1 saturated heterocycles. The van der Waals surface area contributed by atoms with Crippen molar-refractivity contribution in [3.8, 4) is 0 Å². The van der Waals surface area contributed by atoms with Gasteiger partial charge in [0.1, 0.15) is 22.5 Å². The number of H-pyrrole nitrogens is 1. The molecular formula is C13H15N5O4. The van der Waals surface area contributed by atoms with Gasteiger partial charge in [-0.2, -0.15) is 0 Å². The molecule has 9 heteroatoms. The number of nitrogens with two attached hydrogens (primary N) is 1. The van der Waals surface area contributed by atoms with Crippen LogP contribution in [0.4, 0.5) is 11.5 Å². The highest BCUT2D eigenvalue weighted by molar-refractivity contribution is 5.98. The zero-order valence-electron chi connectivity index (χ0n) is 12.2. The van der Waals surface area contributed by atoms with Crippen LogP contribution in [0.5, 0.6) is 0 Å². The fourth-order valence-corrected chi connectivity index (χ4v) is 2.71. The molecule has 0 spiro atoms. The van der Waals surface area contributed by atoms with Gasteiger partial charge in [-0.1, -0.05) is 0 Å². The number of amides is 1. The fraction of sp³-hybridized carbons (Fsp3) is 0.385. The normalized spacial score (nSPS) is 15.0. The van der Waals surface area contributed by atoms with Gasteiger partial charge in [-0.25, -0.2) is 4.79 Å². The molecule has 116 valence electrons. The van der Waals surface area contributed by atoms with E-state index in [0.717, 1.165) is 9.13 Å². The van der Waals surface area contributed by atoms with Gasteiger partial charge in [0.2, 0.25) is 11.3 Å². The molecule has 1 aliphatic rings. The number of nitrogens with one attached hydrogen (secondary N) is 1. The second-order valence-corrected chi connectivity index (χ2v) is 5.29. The number of aromatic nitrogens is 3.